The molecular formula is C10H12N2O2. The predicted molar refractivity (Wildman–Crippen MR) is 52.0 cm³/mol. The summed E-state index contributed by atoms with van der Waals surface area (Å²) >= 11 is 0. The Morgan fingerprint density at radius 3 is 2.93 bits per heavy atom. The Morgan fingerprint density at radius 1 is 1.64 bits per heavy atom. The molecule has 0 bridgehead atoms. The molecule has 0 unspecified atom stereocenters. The summed E-state index contributed by atoms with van der Waals surface area (Å²) in [7, 11) is 1.36. The van der Waals surface area contributed by atoms with Crippen molar-refractivity contribution in [3.8, 4) is 0 Å². The van der Waals surface area contributed by atoms with Gasteiger partial charge < -0.3 is 10.5 Å². The van der Waals surface area contributed by atoms with E-state index in [2.05, 4.69) is 9.72 Å². The van der Waals surface area contributed by atoms with Gasteiger partial charge in [0.2, 0.25) is 0 Å². The predicted octanol–water partition coefficient (Wildman–Crippen LogP) is 1.33. The van der Waals surface area contributed by atoms with Crippen molar-refractivity contribution in [1.82, 2.24) is 4.98 Å². The lowest BCUT2D eigenvalue weighted by atomic mass is 10.1. The zero-order valence-corrected chi connectivity index (χ0v) is 7.99. The van der Waals surface area contributed by atoms with Gasteiger partial charge in [0.25, 0.3) is 0 Å². The van der Waals surface area contributed by atoms with Crippen LogP contribution < -0.4 is 5.73 Å². The quantitative estimate of drug-likeness (QED) is 0.718. The van der Waals surface area contributed by atoms with Gasteiger partial charge in [-0.2, -0.15) is 0 Å². The molecule has 4 nitrogen and oxygen atoms in total. The molecular weight excluding hydrogens is 180 g/mol. The highest BCUT2D eigenvalue weighted by Crippen LogP contribution is 2.42. The third kappa shape index (κ3) is 1.55. The molecule has 1 heterocycles. The number of hydrogen-bond donors (Lipinski definition) is 1. The second-order valence-electron chi connectivity index (χ2n) is 3.46. The first kappa shape index (κ1) is 8.99. The van der Waals surface area contributed by atoms with E-state index in [0.29, 0.717) is 17.3 Å². The average Bonchev–Trinajstić information content (AvgIpc) is 3.01. The average molecular weight is 192 g/mol. The zero-order chi connectivity index (χ0) is 10.1. The highest BCUT2D eigenvalue weighted by molar-refractivity contribution is 5.89. The number of ether oxygens (including phenoxy) is 1. The molecule has 0 spiro atoms. The standard InChI is InChI=1S/C10H12N2O2/c1-14-10(13)7-4-8(6-2-3-6)9(11)12-5-7/h4-6H,2-3H2,1H3,(H2,11,12). The molecule has 1 aliphatic carbocycles. The summed E-state index contributed by atoms with van der Waals surface area (Å²) in [6.45, 7) is 0. The molecule has 1 aliphatic rings. The number of hydrogen-bond acceptors (Lipinski definition) is 4. The number of nitrogens with zero attached hydrogens (tertiary/aromatic N) is 1. The summed E-state index contributed by atoms with van der Waals surface area (Å²) in [6, 6.07) is 1.78. The van der Waals surface area contributed by atoms with Crippen LogP contribution in [-0.4, -0.2) is 18.1 Å². The van der Waals surface area contributed by atoms with Gasteiger partial charge in [-0.1, -0.05) is 0 Å². The molecule has 4 heteroatoms. The van der Waals surface area contributed by atoms with Crippen molar-refractivity contribution < 1.29 is 9.53 Å². The van der Waals surface area contributed by atoms with Crippen LogP contribution in [0.5, 0.6) is 0 Å². The molecule has 1 aromatic rings. The van der Waals surface area contributed by atoms with Crippen molar-refractivity contribution >= 4 is 11.8 Å². The van der Waals surface area contributed by atoms with Crippen molar-refractivity contribution in [1.29, 1.82) is 0 Å². The van der Waals surface area contributed by atoms with Crippen LogP contribution in [0, 0.1) is 0 Å². The van der Waals surface area contributed by atoms with Gasteiger partial charge in [0.05, 0.1) is 12.7 Å². The number of carbonyl (C=O) groups excluding carboxylic acids is 1. The van der Waals surface area contributed by atoms with E-state index in [0.717, 1.165) is 18.4 Å². The van der Waals surface area contributed by atoms with Crippen LogP contribution in [0.25, 0.3) is 0 Å². The van der Waals surface area contributed by atoms with Gasteiger partial charge in [-0.05, 0) is 30.4 Å². The van der Waals surface area contributed by atoms with E-state index in [1.165, 1.54) is 13.3 Å². The Labute approximate surface area is 82.1 Å². The van der Waals surface area contributed by atoms with Crippen molar-refractivity contribution in [3.63, 3.8) is 0 Å². The van der Waals surface area contributed by atoms with Crippen molar-refractivity contribution in [2.24, 2.45) is 0 Å². The summed E-state index contributed by atoms with van der Waals surface area (Å²) in [5.74, 6) is 0.659. The lowest BCUT2D eigenvalue weighted by Crippen LogP contribution is -2.05. The van der Waals surface area contributed by atoms with E-state index in [9.17, 15) is 4.79 Å². The summed E-state index contributed by atoms with van der Waals surface area (Å²) < 4.78 is 4.61. The van der Waals surface area contributed by atoms with Crippen molar-refractivity contribution in [2.45, 2.75) is 18.8 Å². The molecule has 2 rings (SSSR count). The van der Waals surface area contributed by atoms with Crippen LogP contribution in [-0.2, 0) is 4.74 Å². The number of nitrogens with two attached hydrogens (primary N) is 1. The normalized spacial score (nSPS) is 15.2. The Hall–Kier alpha value is -1.58. The largest absolute Gasteiger partial charge is 0.465 e. The molecule has 0 aliphatic heterocycles. The third-order valence-electron chi connectivity index (χ3n) is 2.39. The van der Waals surface area contributed by atoms with Gasteiger partial charge in [-0.25, -0.2) is 9.78 Å². The first-order valence-corrected chi connectivity index (χ1v) is 4.56. The summed E-state index contributed by atoms with van der Waals surface area (Å²) in [6.07, 6.45) is 3.72. The van der Waals surface area contributed by atoms with Gasteiger partial charge in [0.1, 0.15) is 5.82 Å². The molecule has 14 heavy (non-hydrogen) atoms. The zero-order valence-electron chi connectivity index (χ0n) is 7.99. The molecule has 0 radical (unpaired) electrons. The van der Waals surface area contributed by atoms with Crippen molar-refractivity contribution in [2.75, 3.05) is 12.8 Å². The summed E-state index contributed by atoms with van der Waals surface area (Å²) in [5, 5.41) is 0. The third-order valence-corrected chi connectivity index (χ3v) is 2.39. The molecule has 0 atom stereocenters. The van der Waals surface area contributed by atoms with E-state index >= 15 is 0 Å². The fourth-order valence-corrected chi connectivity index (χ4v) is 1.44. The maximum absolute atomic E-state index is 11.2. The molecule has 1 fully saturated rings. The van der Waals surface area contributed by atoms with Crippen molar-refractivity contribution in [3.05, 3.63) is 23.4 Å². The van der Waals surface area contributed by atoms with E-state index in [1.54, 1.807) is 6.07 Å². The fraction of sp³-hybridized carbons (Fsp3) is 0.400. The Morgan fingerprint density at radius 2 is 2.36 bits per heavy atom. The van der Waals surface area contributed by atoms with Gasteiger partial charge in [0, 0.05) is 6.20 Å². The Balaban J connectivity index is 2.35. The smallest absolute Gasteiger partial charge is 0.339 e. The van der Waals surface area contributed by atoms with Gasteiger partial charge >= 0.3 is 5.97 Å². The minimum atomic E-state index is -0.362. The topological polar surface area (TPSA) is 65.2 Å². The van der Waals surface area contributed by atoms with E-state index in [1.807, 2.05) is 0 Å². The fourth-order valence-electron chi connectivity index (χ4n) is 1.44. The lowest BCUT2D eigenvalue weighted by molar-refractivity contribution is 0.0600. The summed E-state index contributed by atoms with van der Waals surface area (Å²) in [5.41, 5.74) is 7.16. The molecule has 74 valence electrons. The molecule has 1 saturated carbocycles. The number of nitrogen functional groups attached to an aromatic ring is 1. The van der Waals surface area contributed by atoms with Crippen LogP contribution in [0.15, 0.2) is 12.3 Å². The molecule has 0 saturated heterocycles. The lowest BCUT2D eigenvalue weighted by Gasteiger charge is -2.04. The SMILES string of the molecule is COC(=O)c1cnc(N)c(C2CC2)c1. The number of methoxy groups -OCH3 is 1. The maximum Gasteiger partial charge on any atom is 0.339 e. The van der Waals surface area contributed by atoms with Gasteiger partial charge in [0.15, 0.2) is 0 Å². The number of pyridine rings is 1. The first-order valence-electron chi connectivity index (χ1n) is 4.56. The summed E-state index contributed by atoms with van der Waals surface area (Å²) in [4.78, 5) is 15.2. The van der Waals surface area contributed by atoms with E-state index < -0.39 is 0 Å². The first-order chi connectivity index (χ1) is 6.72. The molecule has 0 amide bonds. The van der Waals surface area contributed by atoms with Crippen LogP contribution in [0.3, 0.4) is 0 Å². The number of anilines is 1. The van der Waals surface area contributed by atoms with Gasteiger partial charge in [-0.3, -0.25) is 0 Å². The minimum Gasteiger partial charge on any atom is -0.465 e. The molecule has 1 aromatic heterocycles. The van der Waals surface area contributed by atoms with Crippen LogP contribution in [0.2, 0.25) is 0 Å². The number of rotatable bonds is 2. The highest BCUT2D eigenvalue weighted by Gasteiger charge is 2.27. The number of carbonyl (C=O) groups is 1. The van der Waals surface area contributed by atoms with Crippen LogP contribution >= 0.6 is 0 Å². The number of esters is 1. The maximum atomic E-state index is 11.2. The minimum absolute atomic E-state index is 0.362. The molecule has 0 aromatic carbocycles. The second kappa shape index (κ2) is 3.29. The van der Waals surface area contributed by atoms with Crippen LogP contribution in [0.4, 0.5) is 5.82 Å². The van der Waals surface area contributed by atoms with E-state index in [4.69, 9.17) is 5.73 Å². The van der Waals surface area contributed by atoms with Crippen LogP contribution in [0.1, 0.15) is 34.7 Å². The second-order valence-corrected chi connectivity index (χ2v) is 3.46. The Kier molecular flexibility index (Phi) is 2.11. The Bertz CT molecular complexity index is 372. The monoisotopic (exact) mass is 192 g/mol. The molecule has 2 N–H and O–H groups in total. The van der Waals surface area contributed by atoms with Gasteiger partial charge in [-0.15, -0.1) is 0 Å². The highest BCUT2D eigenvalue weighted by atomic mass is 16.5. The van der Waals surface area contributed by atoms with E-state index in [-0.39, 0.29) is 5.97 Å². The number of aromatic nitrogens is 1.